The van der Waals surface area contributed by atoms with Crippen LogP contribution in [0.3, 0.4) is 0 Å². The summed E-state index contributed by atoms with van der Waals surface area (Å²) >= 11 is 7.68. The lowest BCUT2D eigenvalue weighted by Gasteiger charge is -2.44. The molecule has 180 valence electrons. The molecule has 2 heterocycles. The van der Waals surface area contributed by atoms with E-state index in [0.717, 1.165) is 43.1 Å². The first kappa shape index (κ1) is 24.6. The molecule has 4 rings (SSSR count). The topological polar surface area (TPSA) is 110 Å². The smallest absolute Gasteiger partial charge is 0.158 e. The third-order valence-electron chi connectivity index (χ3n) is 6.75. The molecule has 1 saturated heterocycles. The molecule has 1 aliphatic heterocycles. The van der Waals surface area contributed by atoms with E-state index in [2.05, 4.69) is 19.6 Å². The number of hydrogen-bond donors (Lipinski definition) is 3. The van der Waals surface area contributed by atoms with Crippen LogP contribution in [-0.4, -0.2) is 38.1 Å². The van der Waals surface area contributed by atoms with Gasteiger partial charge in [-0.05, 0) is 64.0 Å². The minimum atomic E-state index is -1.05. The molecule has 0 radical (unpaired) electrons. The van der Waals surface area contributed by atoms with Crippen LogP contribution in [0.5, 0.6) is 0 Å². The van der Waals surface area contributed by atoms with Crippen LogP contribution in [0.2, 0.25) is 5.02 Å². The van der Waals surface area contributed by atoms with Crippen LogP contribution < -0.4 is 21.1 Å². The lowest BCUT2D eigenvalue weighted by Crippen LogP contribution is -2.51. The summed E-state index contributed by atoms with van der Waals surface area (Å²) in [7, 11) is -1.05. The first-order valence-electron chi connectivity index (χ1n) is 11.4. The van der Waals surface area contributed by atoms with E-state index in [1.165, 1.54) is 24.6 Å². The van der Waals surface area contributed by atoms with Crippen molar-refractivity contribution in [3.05, 3.63) is 29.4 Å². The SMILES string of the molecule is CC(C)(C)S(=O)NC1CCCC12CCN(c1cnc(Sc3cccc(N)c3Cl)c(N)n1)CC2. The van der Waals surface area contributed by atoms with E-state index in [0.29, 0.717) is 27.6 Å². The van der Waals surface area contributed by atoms with E-state index >= 15 is 0 Å². The number of nitrogens with one attached hydrogen (secondary N) is 1. The van der Waals surface area contributed by atoms with E-state index in [-0.39, 0.29) is 10.2 Å². The third kappa shape index (κ3) is 5.26. The molecule has 5 N–H and O–H groups in total. The summed E-state index contributed by atoms with van der Waals surface area (Å²) in [5.41, 5.74) is 12.9. The number of nitrogens with two attached hydrogens (primary N) is 2. The second-order valence-corrected chi connectivity index (χ2v) is 13.4. The van der Waals surface area contributed by atoms with Crippen molar-refractivity contribution in [3.8, 4) is 0 Å². The first-order chi connectivity index (χ1) is 15.6. The Labute approximate surface area is 208 Å². The fourth-order valence-corrected chi connectivity index (χ4v) is 6.77. The van der Waals surface area contributed by atoms with E-state index in [1.807, 2.05) is 32.9 Å². The molecule has 2 aliphatic rings. The van der Waals surface area contributed by atoms with Crippen LogP contribution in [0, 0.1) is 5.41 Å². The van der Waals surface area contributed by atoms with Crippen LogP contribution in [0.25, 0.3) is 0 Å². The van der Waals surface area contributed by atoms with Crippen LogP contribution in [0.1, 0.15) is 52.9 Å². The fraction of sp³-hybridized carbons (Fsp3) is 0.565. The number of hydrogen-bond acceptors (Lipinski definition) is 7. The number of halogens is 1. The zero-order valence-corrected chi connectivity index (χ0v) is 21.8. The van der Waals surface area contributed by atoms with E-state index in [9.17, 15) is 4.21 Å². The average molecular weight is 509 g/mol. The zero-order chi connectivity index (χ0) is 23.8. The largest absolute Gasteiger partial charge is 0.397 e. The molecule has 10 heteroatoms. The number of nitrogen functional groups attached to an aromatic ring is 2. The molecule has 33 heavy (non-hydrogen) atoms. The zero-order valence-electron chi connectivity index (χ0n) is 19.4. The maximum absolute atomic E-state index is 12.7. The van der Waals surface area contributed by atoms with E-state index in [4.69, 9.17) is 23.1 Å². The van der Waals surface area contributed by atoms with Crippen molar-refractivity contribution < 1.29 is 4.21 Å². The Kier molecular flexibility index (Phi) is 7.15. The maximum atomic E-state index is 12.7. The number of nitrogens with zero attached hydrogens (tertiary/aromatic N) is 3. The summed E-state index contributed by atoms with van der Waals surface area (Å²) in [6, 6.07) is 5.81. The van der Waals surface area contributed by atoms with Gasteiger partial charge in [-0.1, -0.05) is 35.9 Å². The standard InChI is InChI=1S/C23H33ClN6OS2/c1-22(2,3)33(31)29-17-8-5-9-23(17)10-12-30(13-11-23)18-14-27-21(20(26)28-18)32-16-7-4-6-15(25)19(16)24/h4,6-7,14,17,29H,5,8-13,25H2,1-3H3,(H2,26,28). The van der Waals surface area contributed by atoms with Crippen LogP contribution >= 0.6 is 23.4 Å². The number of aromatic nitrogens is 2. The molecule has 0 bridgehead atoms. The maximum Gasteiger partial charge on any atom is 0.158 e. The van der Waals surface area contributed by atoms with Gasteiger partial charge in [0.05, 0.1) is 32.6 Å². The molecule has 2 atom stereocenters. The minimum Gasteiger partial charge on any atom is -0.397 e. The summed E-state index contributed by atoms with van der Waals surface area (Å²) in [5.74, 6) is 1.18. The number of rotatable bonds is 5. The molecule has 1 aliphatic carbocycles. The molecule has 1 aromatic carbocycles. The summed E-state index contributed by atoms with van der Waals surface area (Å²) in [4.78, 5) is 12.3. The number of benzene rings is 1. The minimum absolute atomic E-state index is 0.205. The van der Waals surface area contributed by atoms with Crippen molar-refractivity contribution in [1.82, 2.24) is 14.7 Å². The monoisotopic (exact) mass is 508 g/mol. The summed E-state index contributed by atoms with van der Waals surface area (Å²) in [6.07, 6.45) is 7.34. The predicted molar refractivity (Wildman–Crippen MR) is 139 cm³/mol. The summed E-state index contributed by atoms with van der Waals surface area (Å²) in [6.45, 7) is 7.84. The quantitative estimate of drug-likeness (QED) is 0.504. The second kappa shape index (κ2) is 9.60. The second-order valence-electron chi connectivity index (χ2n) is 9.97. The Morgan fingerprint density at radius 3 is 2.64 bits per heavy atom. The highest BCUT2D eigenvalue weighted by Gasteiger charge is 2.46. The molecule has 7 nitrogen and oxygen atoms in total. The summed E-state index contributed by atoms with van der Waals surface area (Å²) in [5, 5.41) is 1.12. The van der Waals surface area contributed by atoms with Gasteiger partial charge in [0.1, 0.15) is 10.8 Å². The van der Waals surface area contributed by atoms with Gasteiger partial charge in [-0.25, -0.2) is 18.9 Å². The van der Waals surface area contributed by atoms with Gasteiger partial charge in [0.25, 0.3) is 0 Å². The Morgan fingerprint density at radius 2 is 1.97 bits per heavy atom. The Hall–Kier alpha value is -1.55. The van der Waals surface area contributed by atoms with Gasteiger partial charge in [-0.3, -0.25) is 0 Å². The molecule has 2 aromatic rings. The molecule has 0 amide bonds. The Morgan fingerprint density at radius 1 is 1.24 bits per heavy atom. The van der Waals surface area contributed by atoms with Gasteiger partial charge in [0.15, 0.2) is 5.82 Å². The van der Waals surface area contributed by atoms with E-state index < -0.39 is 11.0 Å². The summed E-state index contributed by atoms with van der Waals surface area (Å²) < 4.78 is 15.9. The molecule has 1 spiro atoms. The van der Waals surface area contributed by atoms with Crippen molar-refractivity contribution in [1.29, 1.82) is 0 Å². The highest BCUT2D eigenvalue weighted by Crippen LogP contribution is 2.47. The molecule has 1 aromatic heterocycles. The van der Waals surface area contributed by atoms with E-state index in [1.54, 1.807) is 12.3 Å². The lowest BCUT2D eigenvalue weighted by molar-refractivity contribution is 0.188. The first-order valence-corrected chi connectivity index (χ1v) is 13.7. The van der Waals surface area contributed by atoms with Gasteiger partial charge in [-0.2, -0.15) is 0 Å². The van der Waals surface area contributed by atoms with Gasteiger partial charge < -0.3 is 16.4 Å². The average Bonchev–Trinajstić information content (AvgIpc) is 3.14. The van der Waals surface area contributed by atoms with Crippen molar-refractivity contribution in [2.24, 2.45) is 5.41 Å². The Bertz CT molecular complexity index is 1040. The number of anilines is 3. The van der Waals surface area contributed by atoms with Crippen molar-refractivity contribution in [2.45, 2.75) is 73.6 Å². The van der Waals surface area contributed by atoms with Crippen LogP contribution in [0.15, 0.2) is 34.3 Å². The van der Waals surface area contributed by atoms with Gasteiger partial charge in [0, 0.05) is 24.0 Å². The van der Waals surface area contributed by atoms with Crippen LogP contribution in [-0.2, 0) is 11.0 Å². The molecule has 2 unspecified atom stereocenters. The molecule has 2 fully saturated rings. The fourth-order valence-electron chi connectivity index (χ4n) is 4.73. The van der Waals surface area contributed by atoms with Gasteiger partial charge in [0.2, 0.25) is 0 Å². The van der Waals surface area contributed by atoms with Gasteiger partial charge >= 0.3 is 0 Å². The molecule has 1 saturated carbocycles. The molecular weight excluding hydrogens is 476 g/mol. The Balaban J connectivity index is 1.42. The van der Waals surface area contributed by atoms with Gasteiger partial charge in [-0.15, -0.1) is 0 Å². The van der Waals surface area contributed by atoms with Crippen LogP contribution in [0.4, 0.5) is 17.3 Å². The highest BCUT2D eigenvalue weighted by molar-refractivity contribution is 7.99. The normalized spacial score (nSPS) is 21.5. The predicted octanol–water partition coefficient (Wildman–Crippen LogP) is 4.64. The highest BCUT2D eigenvalue weighted by atomic mass is 35.5. The van der Waals surface area contributed by atoms with Crippen molar-refractivity contribution in [2.75, 3.05) is 29.5 Å². The molecular formula is C23H33ClN6OS2. The lowest BCUT2D eigenvalue weighted by atomic mass is 9.74. The third-order valence-corrected chi connectivity index (χ3v) is 9.96. The number of piperidine rings is 1. The van der Waals surface area contributed by atoms with Crippen molar-refractivity contribution in [3.63, 3.8) is 0 Å². The van der Waals surface area contributed by atoms with Crippen molar-refractivity contribution >= 4 is 51.7 Å².